The normalized spacial score (nSPS) is 24.4. The zero-order valence-electron chi connectivity index (χ0n) is 20.2. The summed E-state index contributed by atoms with van der Waals surface area (Å²) < 4.78 is 25.6. The number of hydrogen-bond acceptors (Lipinski definition) is 4. The van der Waals surface area contributed by atoms with Gasteiger partial charge in [0, 0.05) is 12.2 Å². The van der Waals surface area contributed by atoms with Crippen LogP contribution in [0.4, 0.5) is 0 Å². The van der Waals surface area contributed by atoms with Crippen LogP contribution >= 0.6 is 0 Å². The molecule has 0 heterocycles. The lowest BCUT2D eigenvalue weighted by atomic mass is 9.97. The second-order valence-electron chi connectivity index (χ2n) is 10.5. The molecule has 4 fully saturated rings. The van der Waals surface area contributed by atoms with E-state index in [4.69, 9.17) is 18.9 Å². The summed E-state index contributed by atoms with van der Waals surface area (Å²) in [5, 5.41) is 0. The molecule has 0 radical (unpaired) electrons. The summed E-state index contributed by atoms with van der Waals surface area (Å²) in [6, 6.07) is 0. The summed E-state index contributed by atoms with van der Waals surface area (Å²) in [4.78, 5) is 0. The van der Waals surface area contributed by atoms with E-state index in [1.54, 1.807) is 0 Å². The van der Waals surface area contributed by atoms with Crippen molar-refractivity contribution in [2.24, 2.45) is 0 Å². The summed E-state index contributed by atoms with van der Waals surface area (Å²) in [6.45, 7) is 0. The van der Waals surface area contributed by atoms with E-state index in [0.717, 1.165) is 51.4 Å². The van der Waals surface area contributed by atoms with Crippen LogP contribution in [0.1, 0.15) is 128 Å². The third-order valence-corrected chi connectivity index (χ3v) is 7.70. The molecule has 4 rings (SSSR count). The topological polar surface area (TPSA) is 36.9 Å². The number of rotatable bonds is 9. The molecule has 0 aromatic rings. The van der Waals surface area contributed by atoms with E-state index >= 15 is 0 Å². The van der Waals surface area contributed by atoms with Crippen LogP contribution in [0.2, 0.25) is 0 Å². The second kappa shape index (κ2) is 13.4. The van der Waals surface area contributed by atoms with Crippen LogP contribution in [0.15, 0.2) is 24.0 Å². The van der Waals surface area contributed by atoms with E-state index < -0.39 is 0 Å². The van der Waals surface area contributed by atoms with E-state index in [0.29, 0.717) is 11.9 Å². The van der Waals surface area contributed by atoms with Gasteiger partial charge in [0.05, 0.1) is 0 Å². The summed E-state index contributed by atoms with van der Waals surface area (Å²) in [6.07, 6.45) is 29.7. The molecule has 4 nitrogen and oxygen atoms in total. The van der Waals surface area contributed by atoms with Gasteiger partial charge >= 0.3 is 0 Å². The lowest BCUT2D eigenvalue weighted by Gasteiger charge is -2.29. The molecule has 4 saturated carbocycles. The molecule has 4 heteroatoms. The van der Waals surface area contributed by atoms with Gasteiger partial charge in [-0.2, -0.15) is 0 Å². The van der Waals surface area contributed by atoms with Gasteiger partial charge in [-0.1, -0.05) is 25.7 Å². The summed E-state index contributed by atoms with van der Waals surface area (Å²) in [5.41, 5.74) is 0. The van der Waals surface area contributed by atoms with Crippen molar-refractivity contribution in [3.8, 4) is 0 Å². The lowest BCUT2D eigenvalue weighted by molar-refractivity contribution is -0.0620. The number of hydrogen-bond donors (Lipinski definition) is 0. The number of ether oxygens (including phenoxy) is 4. The Kier molecular flexibility index (Phi) is 9.98. The first kappa shape index (κ1) is 23.8. The highest BCUT2D eigenvalue weighted by atomic mass is 16.7. The molecule has 0 atom stereocenters. The average molecular weight is 447 g/mol. The van der Waals surface area contributed by atoms with Gasteiger partial charge in [0.15, 0.2) is 0 Å². The van der Waals surface area contributed by atoms with Crippen molar-refractivity contribution in [3.05, 3.63) is 24.0 Å². The third kappa shape index (κ3) is 8.23. The molecule has 4 aliphatic carbocycles. The van der Waals surface area contributed by atoms with Crippen LogP contribution in [0, 0.1) is 0 Å². The lowest BCUT2D eigenvalue weighted by Crippen LogP contribution is -2.23. The fraction of sp³-hybridized carbons (Fsp3) is 0.857. The monoisotopic (exact) mass is 446 g/mol. The first-order valence-electron chi connectivity index (χ1n) is 13.9. The van der Waals surface area contributed by atoms with Crippen LogP contribution in [-0.2, 0) is 18.9 Å². The molecule has 0 saturated heterocycles. The fourth-order valence-electron chi connectivity index (χ4n) is 5.74. The van der Waals surface area contributed by atoms with Gasteiger partial charge in [0.25, 0.3) is 11.9 Å². The quantitative estimate of drug-likeness (QED) is 0.265. The van der Waals surface area contributed by atoms with Gasteiger partial charge in [0.2, 0.25) is 0 Å². The summed E-state index contributed by atoms with van der Waals surface area (Å²) in [5.74, 6) is 1.36. The van der Waals surface area contributed by atoms with Crippen molar-refractivity contribution in [2.75, 3.05) is 0 Å². The number of allylic oxidation sites excluding steroid dienone is 2. The van der Waals surface area contributed by atoms with Crippen LogP contribution in [0.5, 0.6) is 0 Å². The highest BCUT2D eigenvalue weighted by molar-refractivity contribution is 5.07. The molecule has 0 aromatic carbocycles. The Morgan fingerprint density at radius 1 is 0.344 bits per heavy atom. The Morgan fingerprint density at radius 3 is 0.781 bits per heavy atom. The zero-order valence-corrected chi connectivity index (χ0v) is 20.2. The molecule has 0 amide bonds. The maximum absolute atomic E-state index is 6.41. The standard InChI is InChI=1S/C28H46O4/c1-5-13-23(14-6-1)29-27(30-24-15-7-2-8-16-24)21-22-28(31-25-17-9-3-10-18-25)32-26-19-11-4-12-20-26/h21-26H,1-20H2. The first-order chi connectivity index (χ1) is 15.8. The molecule has 32 heavy (non-hydrogen) atoms. The molecule has 182 valence electrons. The predicted molar refractivity (Wildman–Crippen MR) is 128 cm³/mol. The van der Waals surface area contributed by atoms with Crippen LogP contribution in [0.25, 0.3) is 0 Å². The largest absolute Gasteiger partial charge is 0.462 e. The maximum Gasteiger partial charge on any atom is 0.279 e. The molecular weight excluding hydrogens is 400 g/mol. The first-order valence-corrected chi connectivity index (χ1v) is 13.9. The van der Waals surface area contributed by atoms with Crippen molar-refractivity contribution >= 4 is 0 Å². The Balaban J connectivity index is 1.45. The van der Waals surface area contributed by atoms with Crippen LogP contribution < -0.4 is 0 Å². The Labute approximate surface area is 196 Å². The maximum atomic E-state index is 6.41. The fourth-order valence-corrected chi connectivity index (χ4v) is 5.74. The van der Waals surface area contributed by atoms with Crippen molar-refractivity contribution in [3.63, 3.8) is 0 Å². The van der Waals surface area contributed by atoms with Gasteiger partial charge in [-0.05, 0) is 103 Å². The molecule has 0 spiro atoms. The molecule has 0 aromatic heterocycles. The minimum Gasteiger partial charge on any atom is -0.462 e. The van der Waals surface area contributed by atoms with Gasteiger partial charge in [0.1, 0.15) is 24.4 Å². The van der Waals surface area contributed by atoms with E-state index in [2.05, 4.69) is 0 Å². The highest BCUT2D eigenvalue weighted by Gasteiger charge is 2.23. The SMILES string of the molecule is C(C=C(OC1CCCCC1)OC1CCCCC1)=C(OC1CCCCC1)OC1CCCCC1. The van der Waals surface area contributed by atoms with Crippen LogP contribution in [0.3, 0.4) is 0 Å². The van der Waals surface area contributed by atoms with Gasteiger partial charge < -0.3 is 18.9 Å². The van der Waals surface area contributed by atoms with E-state index in [1.165, 1.54) is 77.0 Å². The summed E-state index contributed by atoms with van der Waals surface area (Å²) in [7, 11) is 0. The van der Waals surface area contributed by atoms with Crippen molar-refractivity contribution in [2.45, 2.75) is 153 Å². The summed E-state index contributed by atoms with van der Waals surface area (Å²) >= 11 is 0. The predicted octanol–water partition coefficient (Wildman–Crippen LogP) is 8.07. The Bertz CT molecular complexity index is 478. The van der Waals surface area contributed by atoms with E-state index in [-0.39, 0.29) is 24.4 Å². The molecule has 0 aliphatic heterocycles. The molecule has 4 aliphatic rings. The minimum atomic E-state index is 0.286. The van der Waals surface area contributed by atoms with Gasteiger partial charge in [-0.15, -0.1) is 0 Å². The molecule has 0 unspecified atom stereocenters. The van der Waals surface area contributed by atoms with Crippen molar-refractivity contribution < 1.29 is 18.9 Å². The van der Waals surface area contributed by atoms with Gasteiger partial charge in [-0.3, -0.25) is 0 Å². The second-order valence-corrected chi connectivity index (χ2v) is 10.5. The molecule has 0 N–H and O–H groups in total. The van der Waals surface area contributed by atoms with Gasteiger partial charge in [-0.25, -0.2) is 0 Å². The van der Waals surface area contributed by atoms with E-state index in [9.17, 15) is 0 Å². The smallest absolute Gasteiger partial charge is 0.279 e. The van der Waals surface area contributed by atoms with Crippen molar-refractivity contribution in [1.29, 1.82) is 0 Å². The molecular formula is C28H46O4. The highest BCUT2D eigenvalue weighted by Crippen LogP contribution is 2.29. The van der Waals surface area contributed by atoms with E-state index in [1.807, 2.05) is 12.2 Å². The zero-order chi connectivity index (χ0) is 21.8. The third-order valence-electron chi connectivity index (χ3n) is 7.70. The Morgan fingerprint density at radius 2 is 0.562 bits per heavy atom. The minimum absolute atomic E-state index is 0.286. The average Bonchev–Trinajstić information content (AvgIpc) is 2.85. The van der Waals surface area contributed by atoms with Crippen molar-refractivity contribution in [1.82, 2.24) is 0 Å². The molecule has 0 bridgehead atoms. The Hall–Kier alpha value is -1.32. The van der Waals surface area contributed by atoms with Crippen LogP contribution in [-0.4, -0.2) is 24.4 Å².